The number of carboxylic acid groups (broad SMARTS) is 2. The largest absolute Gasteiger partial charge is 0.480 e. The maximum Gasteiger partial charge on any atom is 0.457 e. The molecule has 13 heteroatoms. The van der Waals surface area contributed by atoms with Gasteiger partial charge in [0.05, 0.1) is 17.7 Å². The number of amides is 3. The summed E-state index contributed by atoms with van der Waals surface area (Å²) in [7, 11) is -0.401. The lowest BCUT2D eigenvalue weighted by molar-refractivity contribution is -0.199. The zero-order valence-electron chi connectivity index (χ0n) is 25.8. The van der Waals surface area contributed by atoms with E-state index in [0.717, 1.165) is 17.7 Å². The number of rotatable bonds is 7. The molecule has 8 atom stereocenters. The molecule has 6 aliphatic rings. The summed E-state index contributed by atoms with van der Waals surface area (Å²) in [4.78, 5) is 53.1. The van der Waals surface area contributed by atoms with Gasteiger partial charge < -0.3 is 34.5 Å². The highest BCUT2D eigenvalue weighted by Gasteiger charge is 2.68. The summed E-state index contributed by atoms with van der Waals surface area (Å²) in [6.45, 7) is 13.6. The standard InChI is InChI=1S/C29H46BN3O9/c1-16(31-24(37)40-26(2,3)4)22(34)32-12-10-29(19(32)15-33(25(38)39)21(29)23(35)36)9-8-11-30-41-20-14-17-13-18(27(17,5)6)28(20,7)42-30/h16-21H,8-15H2,1-7H3,(H,31,37)(H,35,36)(H,38,39)/t16?,17-,18-,19-,20+,21+,28-,29-/m0/s1. The zero-order valence-corrected chi connectivity index (χ0v) is 25.8. The molecule has 3 aliphatic heterocycles. The van der Waals surface area contributed by atoms with Crippen molar-refractivity contribution in [1.29, 1.82) is 0 Å². The van der Waals surface area contributed by atoms with Gasteiger partial charge in [0.2, 0.25) is 5.91 Å². The topological polar surface area (TPSA) is 155 Å². The van der Waals surface area contributed by atoms with E-state index in [1.807, 2.05) is 0 Å². The summed E-state index contributed by atoms with van der Waals surface area (Å²) in [5.74, 6) is -0.551. The van der Waals surface area contributed by atoms with E-state index in [9.17, 15) is 29.4 Å². The minimum Gasteiger partial charge on any atom is -0.480 e. The molecule has 3 aliphatic carbocycles. The molecule has 0 aromatic rings. The molecule has 3 amide bonds. The van der Waals surface area contributed by atoms with E-state index in [4.69, 9.17) is 14.0 Å². The van der Waals surface area contributed by atoms with Crippen LogP contribution in [0.5, 0.6) is 0 Å². The van der Waals surface area contributed by atoms with Crippen molar-refractivity contribution in [2.75, 3.05) is 13.1 Å². The Morgan fingerprint density at radius 2 is 1.81 bits per heavy atom. The lowest BCUT2D eigenvalue weighted by atomic mass is 9.43. The summed E-state index contributed by atoms with van der Waals surface area (Å²) in [6, 6.07) is -2.85. The molecule has 3 heterocycles. The fourth-order valence-electron chi connectivity index (χ4n) is 8.89. The van der Waals surface area contributed by atoms with Crippen molar-refractivity contribution in [3.05, 3.63) is 0 Å². The third-order valence-electron chi connectivity index (χ3n) is 11.0. The number of fused-ring (bicyclic) bond motifs is 1. The number of carboxylic acids is 1. The minimum absolute atomic E-state index is 0.0458. The van der Waals surface area contributed by atoms with E-state index in [2.05, 4.69) is 26.1 Å². The number of nitrogens with one attached hydrogen (secondary N) is 1. The molecular formula is C29H46BN3O9. The summed E-state index contributed by atoms with van der Waals surface area (Å²) < 4.78 is 18.2. The molecule has 1 unspecified atom stereocenters. The number of ether oxygens (including phenoxy) is 1. The van der Waals surface area contributed by atoms with Crippen molar-refractivity contribution in [2.24, 2.45) is 22.7 Å². The Balaban J connectivity index is 1.29. The predicted molar refractivity (Wildman–Crippen MR) is 152 cm³/mol. The SMILES string of the molecule is CC(NC(=O)OC(C)(C)C)C(=O)N1CC[C@@]2(CCCB3O[C@@H]4C[C@@H]5C[C@@H](C5(C)C)[C@]4(C)O3)[C@@H]1CN(C(=O)O)[C@@H]2C(=O)O. The van der Waals surface area contributed by atoms with E-state index in [1.165, 1.54) is 0 Å². The molecule has 0 aromatic carbocycles. The average Bonchev–Trinajstić information content (AvgIpc) is 3.48. The number of alkyl carbamates (subject to hydrolysis) is 1. The van der Waals surface area contributed by atoms with Gasteiger partial charge in [-0.1, -0.05) is 20.3 Å². The highest BCUT2D eigenvalue weighted by molar-refractivity contribution is 6.45. The number of aliphatic carboxylic acids is 1. The van der Waals surface area contributed by atoms with Gasteiger partial charge in [-0.05, 0) is 83.9 Å². The first-order valence-corrected chi connectivity index (χ1v) is 15.3. The van der Waals surface area contributed by atoms with E-state index >= 15 is 0 Å². The number of likely N-dealkylation sites (tertiary alicyclic amines) is 2. The zero-order chi connectivity index (χ0) is 31.0. The van der Waals surface area contributed by atoms with Gasteiger partial charge in [-0.3, -0.25) is 9.69 Å². The molecular weight excluding hydrogens is 545 g/mol. The van der Waals surface area contributed by atoms with Crippen LogP contribution in [0.4, 0.5) is 9.59 Å². The van der Waals surface area contributed by atoms with E-state index in [-0.39, 0.29) is 30.2 Å². The van der Waals surface area contributed by atoms with Crippen molar-refractivity contribution in [1.82, 2.24) is 15.1 Å². The predicted octanol–water partition coefficient (Wildman–Crippen LogP) is 3.44. The summed E-state index contributed by atoms with van der Waals surface area (Å²) in [5.41, 5.74) is -1.82. The molecule has 3 saturated heterocycles. The van der Waals surface area contributed by atoms with Crippen LogP contribution in [0, 0.1) is 22.7 Å². The number of hydrogen-bond acceptors (Lipinski definition) is 7. The lowest BCUT2D eigenvalue weighted by Gasteiger charge is -2.64. The third-order valence-corrected chi connectivity index (χ3v) is 11.0. The Morgan fingerprint density at radius 3 is 2.40 bits per heavy atom. The maximum atomic E-state index is 13.5. The van der Waals surface area contributed by atoms with Crippen LogP contribution in [0.2, 0.25) is 6.32 Å². The van der Waals surface area contributed by atoms with Crippen LogP contribution in [-0.4, -0.2) is 99.7 Å². The normalized spacial score (nSPS) is 37.0. The minimum atomic E-state index is -1.33. The molecule has 0 aromatic heterocycles. The monoisotopic (exact) mass is 591 g/mol. The molecule has 3 N–H and O–H groups in total. The Bertz CT molecular complexity index is 1140. The fraction of sp³-hybridized carbons (Fsp3) is 0.862. The maximum absolute atomic E-state index is 13.5. The molecule has 3 saturated carbocycles. The number of hydrogen-bond donors (Lipinski definition) is 3. The second-order valence-corrected chi connectivity index (χ2v) is 14.9. The van der Waals surface area contributed by atoms with Crippen LogP contribution in [0.25, 0.3) is 0 Å². The molecule has 0 radical (unpaired) electrons. The van der Waals surface area contributed by atoms with Gasteiger partial charge in [0, 0.05) is 18.5 Å². The van der Waals surface area contributed by atoms with Gasteiger partial charge in [-0.15, -0.1) is 0 Å². The smallest absolute Gasteiger partial charge is 0.457 e. The second-order valence-electron chi connectivity index (χ2n) is 14.9. The molecule has 6 fully saturated rings. The van der Waals surface area contributed by atoms with Crippen LogP contribution < -0.4 is 5.32 Å². The second kappa shape index (κ2) is 10.3. The fourth-order valence-corrected chi connectivity index (χ4v) is 8.89. The Kier molecular flexibility index (Phi) is 7.57. The Labute approximate surface area is 247 Å². The van der Waals surface area contributed by atoms with Crippen LogP contribution in [0.1, 0.15) is 80.6 Å². The van der Waals surface area contributed by atoms with E-state index < -0.39 is 60.3 Å². The molecule has 12 nitrogen and oxygen atoms in total. The number of carbonyl (C=O) groups is 4. The lowest BCUT2D eigenvalue weighted by Crippen LogP contribution is -2.65. The molecule has 6 rings (SSSR count). The first-order valence-electron chi connectivity index (χ1n) is 15.3. The molecule has 42 heavy (non-hydrogen) atoms. The highest BCUT2D eigenvalue weighted by Crippen LogP contribution is 2.66. The van der Waals surface area contributed by atoms with Gasteiger partial charge in [0.15, 0.2) is 0 Å². The molecule has 0 spiro atoms. The summed E-state index contributed by atoms with van der Waals surface area (Å²) in [5, 5.41) is 22.7. The summed E-state index contributed by atoms with van der Waals surface area (Å²) >= 11 is 0. The third kappa shape index (κ3) is 4.94. The average molecular weight is 592 g/mol. The first kappa shape index (κ1) is 30.9. The first-order chi connectivity index (χ1) is 19.4. The van der Waals surface area contributed by atoms with Crippen LogP contribution >= 0.6 is 0 Å². The van der Waals surface area contributed by atoms with Gasteiger partial charge in [0.1, 0.15) is 17.7 Å². The van der Waals surface area contributed by atoms with Crippen molar-refractivity contribution in [3.63, 3.8) is 0 Å². The Hall–Kier alpha value is -2.54. The van der Waals surface area contributed by atoms with Crippen molar-refractivity contribution >= 4 is 31.2 Å². The van der Waals surface area contributed by atoms with Gasteiger partial charge in [0.25, 0.3) is 0 Å². The molecule has 234 valence electrons. The van der Waals surface area contributed by atoms with Crippen molar-refractivity contribution in [2.45, 2.75) is 122 Å². The highest BCUT2D eigenvalue weighted by atomic mass is 16.7. The number of nitrogens with zero attached hydrogens (tertiary/aromatic N) is 2. The van der Waals surface area contributed by atoms with E-state index in [0.29, 0.717) is 37.4 Å². The van der Waals surface area contributed by atoms with Crippen LogP contribution in [0.15, 0.2) is 0 Å². The summed E-state index contributed by atoms with van der Waals surface area (Å²) in [6.07, 6.45) is 1.97. The Morgan fingerprint density at radius 1 is 1.12 bits per heavy atom. The number of carbonyl (C=O) groups excluding carboxylic acids is 2. The van der Waals surface area contributed by atoms with Crippen LogP contribution in [0.3, 0.4) is 0 Å². The van der Waals surface area contributed by atoms with Crippen LogP contribution in [-0.2, 0) is 23.6 Å². The van der Waals surface area contributed by atoms with Gasteiger partial charge in [-0.25, -0.2) is 14.4 Å². The molecule has 2 bridgehead atoms. The quantitative estimate of drug-likeness (QED) is 0.378. The van der Waals surface area contributed by atoms with Crippen molar-refractivity contribution in [3.8, 4) is 0 Å². The van der Waals surface area contributed by atoms with Crippen molar-refractivity contribution < 1.29 is 43.4 Å². The van der Waals surface area contributed by atoms with Gasteiger partial charge >= 0.3 is 25.3 Å². The van der Waals surface area contributed by atoms with E-state index in [1.54, 1.807) is 32.6 Å². The van der Waals surface area contributed by atoms with Gasteiger partial charge in [-0.2, -0.15) is 0 Å².